The molecule has 0 spiro atoms. The Kier molecular flexibility index (Phi) is 2.51. The highest BCUT2D eigenvalue weighted by Gasteiger charge is 2.09. The average molecular weight is 204 g/mol. The summed E-state index contributed by atoms with van der Waals surface area (Å²) in [7, 11) is 1.90. The Morgan fingerprint density at radius 1 is 1.70 bits per heavy atom. The third-order valence-electron chi connectivity index (χ3n) is 1.47. The van der Waals surface area contributed by atoms with Gasteiger partial charge in [0.05, 0.1) is 16.8 Å². The van der Waals surface area contributed by atoms with Crippen molar-refractivity contribution >= 4 is 15.9 Å². The molecule has 0 aliphatic heterocycles. The Morgan fingerprint density at radius 2 is 2.40 bits per heavy atom. The number of furan rings is 1. The van der Waals surface area contributed by atoms with Crippen LogP contribution in [-0.2, 0) is 0 Å². The van der Waals surface area contributed by atoms with Gasteiger partial charge in [-0.3, -0.25) is 0 Å². The second-order valence-electron chi connectivity index (χ2n) is 2.14. The number of nitrogens with one attached hydrogen (secondary N) is 1. The minimum Gasteiger partial charge on any atom is -0.466 e. The molecule has 10 heavy (non-hydrogen) atoms. The zero-order valence-corrected chi connectivity index (χ0v) is 7.60. The maximum Gasteiger partial charge on any atom is 0.134 e. The Labute approximate surface area is 68.7 Å². The molecule has 0 aliphatic carbocycles. The zero-order valence-electron chi connectivity index (χ0n) is 6.02. The highest BCUT2D eigenvalue weighted by atomic mass is 79.9. The molecule has 1 unspecified atom stereocenters. The van der Waals surface area contributed by atoms with Gasteiger partial charge in [0.2, 0.25) is 0 Å². The summed E-state index contributed by atoms with van der Waals surface area (Å²) < 4.78 is 6.23. The number of hydrogen-bond acceptors (Lipinski definition) is 2. The Bertz CT molecular complexity index is 209. The lowest BCUT2D eigenvalue weighted by Gasteiger charge is -2.05. The highest BCUT2D eigenvalue weighted by molar-refractivity contribution is 9.10. The van der Waals surface area contributed by atoms with Crippen LogP contribution in [0.2, 0.25) is 0 Å². The minimum absolute atomic E-state index is 0.268. The van der Waals surface area contributed by atoms with Gasteiger partial charge in [-0.05, 0) is 36.0 Å². The van der Waals surface area contributed by atoms with Gasteiger partial charge in [0, 0.05) is 0 Å². The third kappa shape index (κ3) is 1.41. The molecule has 0 fully saturated rings. The molecule has 1 aromatic heterocycles. The summed E-state index contributed by atoms with van der Waals surface area (Å²) >= 11 is 3.37. The summed E-state index contributed by atoms with van der Waals surface area (Å²) in [5.41, 5.74) is 0. The van der Waals surface area contributed by atoms with Crippen LogP contribution in [0.3, 0.4) is 0 Å². The Morgan fingerprint density at radius 3 is 2.80 bits per heavy atom. The van der Waals surface area contributed by atoms with E-state index in [9.17, 15) is 0 Å². The lowest BCUT2D eigenvalue weighted by Crippen LogP contribution is -2.11. The van der Waals surface area contributed by atoms with E-state index in [2.05, 4.69) is 21.2 Å². The summed E-state index contributed by atoms with van der Waals surface area (Å²) in [6.07, 6.45) is 1.67. The van der Waals surface area contributed by atoms with Crippen LogP contribution in [0.1, 0.15) is 18.7 Å². The summed E-state index contributed by atoms with van der Waals surface area (Å²) in [6.45, 7) is 2.05. The van der Waals surface area contributed by atoms with E-state index in [1.165, 1.54) is 0 Å². The SMILES string of the molecule is CNC(C)c1occc1Br. The first-order valence-corrected chi connectivity index (χ1v) is 3.95. The second kappa shape index (κ2) is 3.21. The van der Waals surface area contributed by atoms with E-state index in [-0.39, 0.29) is 6.04 Å². The molecule has 2 nitrogen and oxygen atoms in total. The molecule has 1 atom stereocenters. The van der Waals surface area contributed by atoms with E-state index in [4.69, 9.17) is 4.42 Å². The van der Waals surface area contributed by atoms with Crippen molar-refractivity contribution in [2.75, 3.05) is 7.05 Å². The third-order valence-corrected chi connectivity index (χ3v) is 2.13. The maximum absolute atomic E-state index is 5.21. The molecule has 1 aromatic rings. The molecule has 0 aromatic carbocycles. The molecule has 0 radical (unpaired) electrons. The van der Waals surface area contributed by atoms with Gasteiger partial charge in [0.15, 0.2) is 0 Å². The van der Waals surface area contributed by atoms with Crippen LogP contribution in [0.5, 0.6) is 0 Å². The summed E-state index contributed by atoms with van der Waals surface area (Å²) in [4.78, 5) is 0. The number of rotatable bonds is 2. The predicted molar refractivity (Wildman–Crippen MR) is 43.9 cm³/mol. The van der Waals surface area contributed by atoms with Crippen molar-refractivity contribution in [2.24, 2.45) is 0 Å². The first kappa shape index (κ1) is 7.82. The topological polar surface area (TPSA) is 25.2 Å². The molecule has 1 N–H and O–H groups in total. The van der Waals surface area contributed by atoms with Crippen LogP contribution in [0.25, 0.3) is 0 Å². The van der Waals surface area contributed by atoms with Gasteiger partial charge in [-0.1, -0.05) is 0 Å². The number of hydrogen-bond donors (Lipinski definition) is 1. The summed E-state index contributed by atoms with van der Waals surface area (Å²) in [5.74, 6) is 0.947. The summed E-state index contributed by atoms with van der Waals surface area (Å²) in [6, 6.07) is 2.16. The predicted octanol–water partition coefficient (Wildman–Crippen LogP) is 2.32. The Hall–Kier alpha value is -0.280. The molecule has 1 heterocycles. The molecule has 0 bridgehead atoms. The average Bonchev–Trinajstić information content (AvgIpc) is 2.34. The quantitative estimate of drug-likeness (QED) is 0.799. The van der Waals surface area contributed by atoms with Gasteiger partial charge in [0.25, 0.3) is 0 Å². The fraction of sp³-hybridized carbons (Fsp3) is 0.429. The molecule has 56 valence electrons. The lowest BCUT2D eigenvalue weighted by atomic mass is 10.3. The lowest BCUT2D eigenvalue weighted by molar-refractivity contribution is 0.447. The van der Waals surface area contributed by atoms with E-state index in [1.807, 2.05) is 20.0 Å². The van der Waals surface area contributed by atoms with Crippen LogP contribution < -0.4 is 5.32 Å². The largest absolute Gasteiger partial charge is 0.466 e. The molecule has 0 saturated heterocycles. The van der Waals surface area contributed by atoms with E-state index >= 15 is 0 Å². The molecular formula is C7H10BrNO. The van der Waals surface area contributed by atoms with Crippen molar-refractivity contribution in [1.82, 2.24) is 5.32 Å². The van der Waals surface area contributed by atoms with Crippen molar-refractivity contribution in [1.29, 1.82) is 0 Å². The second-order valence-corrected chi connectivity index (χ2v) is 3.00. The van der Waals surface area contributed by atoms with Gasteiger partial charge < -0.3 is 9.73 Å². The van der Waals surface area contributed by atoms with Crippen LogP contribution >= 0.6 is 15.9 Å². The minimum atomic E-state index is 0.268. The monoisotopic (exact) mass is 203 g/mol. The van der Waals surface area contributed by atoms with Crippen LogP contribution in [0, 0.1) is 0 Å². The van der Waals surface area contributed by atoms with E-state index in [0.29, 0.717) is 0 Å². The van der Waals surface area contributed by atoms with Crippen LogP contribution in [0.4, 0.5) is 0 Å². The van der Waals surface area contributed by atoms with Gasteiger partial charge in [-0.25, -0.2) is 0 Å². The van der Waals surface area contributed by atoms with Crippen molar-refractivity contribution in [3.63, 3.8) is 0 Å². The molecular weight excluding hydrogens is 194 g/mol. The molecule has 0 amide bonds. The van der Waals surface area contributed by atoms with Crippen LogP contribution in [0.15, 0.2) is 21.2 Å². The van der Waals surface area contributed by atoms with Crippen molar-refractivity contribution in [3.05, 3.63) is 22.6 Å². The fourth-order valence-electron chi connectivity index (χ4n) is 0.745. The van der Waals surface area contributed by atoms with Gasteiger partial charge in [-0.2, -0.15) is 0 Å². The zero-order chi connectivity index (χ0) is 7.56. The van der Waals surface area contributed by atoms with Gasteiger partial charge in [-0.15, -0.1) is 0 Å². The molecule has 1 rings (SSSR count). The van der Waals surface area contributed by atoms with Crippen molar-refractivity contribution in [3.8, 4) is 0 Å². The molecule has 3 heteroatoms. The first-order chi connectivity index (χ1) is 4.75. The van der Waals surface area contributed by atoms with Crippen molar-refractivity contribution < 1.29 is 4.42 Å². The normalized spacial score (nSPS) is 13.5. The molecule has 0 saturated carbocycles. The Balaban J connectivity index is 2.82. The van der Waals surface area contributed by atoms with Crippen molar-refractivity contribution in [2.45, 2.75) is 13.0 Å². The van der Waals surface area contributed by atoms with E-state index < -0.39 is 0 Å². The van der Waals surface area contributed by atoms with E-state index in [0.717, 1.165) is 10.2 Å². The fourth-order valence-corrected chi connectivity index (χ4v) is 1.29. The smallest absolute Gasteiger partial charge is 0.134 e. The molecule has 0 aliphatic rings. The summed E-state index contributed by atoms with van der Waals surface area (Å²) in [5, 5.41) is 3.08. The van der Waals surface area contributed by atoms with Crippen LogP contribution in [-0.4, -0.2) is 7.05 Å². The van der Waals surface area contributed by atoms with E-state index in [1.54, 1.807) is 6.26 Å². The standard InChI is InChI=1S/C7H10BrNO/c1-5(9-2)7-6(8)3-4-10-7/h3-5,9H,1-2H3. The van der Waals surface area contributed by atoms with Gasteiger partial charge >= 0.3 is 0 Å². The number of halogens is 1. The van der Waals surface area contributed by atoms with Gasteiger partial charge in [0.1, 0.15) is 5.76 Å². The highest BCUT2D eigenvalue weighted by Crippen LogP contribution is 2.23. The first-order valence-electron chi connectivity index (χ1n) is 3.16. The maximum atomic E-state index is 5.21.